The Morgan fingerprint density at radius 1 is 0.857 bits per heavy atom. The maximum Gasteiger partial charge on any atom is 0.203 e. The average molecular weight is 288 g/mol. The Bertz CT molecular complexity index is 573. The normalized spacial score (nSPS) is 10.2. The Balaban J connectivity index is 2.09. The summed E-state index contributed by atoms with van der Waals surface area (Å²) in [5.74, 6) is 1.97. The van der Waals surface area contributed by atoms with E-state index in [4.69, 9.17) is 14.2 Å². The fraction of sp³-hybridized carbons (Fsp3) is 0.312. The number of hydrogen-bond donors (Lipinski definition) is 1. The number of benzene rings is 1. The SMILES string of the molecule is COc1ccc(CNCc2ccncc2)c(OC)c1OC. The van der Waals surface area contributed by atoms with Crippen LogP contribution >= 0.6 is 0 Å². The van der Waals surface area contributed by atoms with Crippen LogP contribution in [-0.4, -0.2) is 26.3 Å². The van der Waals surface area contributed by atoms with E-state index >= 15 is 0 Å². The fourth-order valence-corrected chi connectivity index (χ4v) is 2.14. The van der Waals surface area contributed by atoms with Gasteiger partial charge in [-0.25, -0.2) is 0 Å². The lowest BCUT2D eigenvalue weighted by Gasteiger charge is -2.16. The van der Waals surface area contributed by atoms with Crippen LogP contribution in [0.2, 0.25) is 0 Å². The molecule has 1 aromatic carbocycles. The summed E-state index contributed by atoms with van der Waals surface area (Å²) in [5, 5.41) is 3.38. The van der Waals surface area contributed by atoms with Crippen molar-refractivity contribution in [3.05, 3.63) is 47.8 Å². The van der Waals surface area contributed by atoms with E-state index in [0.717, 1.165) is 12.1 Å². The van der Waals surface area contributed by atoms with Crippen molar-refractivity contribution in [2.75, 3.05) is 21.3 Å². The predicted octanol–water partition coefficient (Wildman–Crippen LogP) is 2.40. The van der Waals surface area contributed by atoms with Gasteiger partial charge in [-0.15, -0.1) is 0 Å². The second kappa shape index (κ2) is 7.50. The third-order valence-electron chi connectivity index (χ3n) is 3.18. The van der Waals surface area contributed by atoms with Crippen molar-refractivity contribution in [1.82, 2.24) is 10.3 Å². The minimum absolute atomic E-state index is 0.614. The highest BCUT2D eigenvalue weighted by Gasteiger charge is 2.15. The molecule has 0 aliphatic carbocycles. The van der Waals surface area contributed by atoms with E-state index in [1.807, 2.05) is 24.3 Å². The maximum absolute atomic E-state index is 5.46. The van der Waals surface area contributed by atoms with Crippen LogP contribution in [-0.2, 0) is 13.1 Å². The third kappa shape index (κ3) is 3.64. The van der Waals surface area contributed by atoms with E-state index in [2.05, 4.69) is 10.3 Å². The van der Waals surface area contributed by atoms with Crippen LogP contribution in [0.5, 0.6) is 17.2 Å². The zero-order chi connectivity index (χ0) is 15.1. The Labute approximate surface area is 124 Å². The first kappa shape index (κ1) is 15.1. The van der Waals surface area contributed by atoms with Gasteiger partial charge in [-0.2, -0.15) is 0 Å². The number of nitrogens with zero attached hydrogens (tertiary/aromatic N) is 1. The van der Waals surface area contributed by atoms with E-state index in [9.17, 15) is 0 Å². The lowest BCUT2D eigenvalue weighted by molar-refractivity contribution is 0.321. The number of ether oxygens (including phenoxy) is 3. The molecule has 0 unspecified atom stereocenters. The molecule has 1 aromatic heterocycles. The number of hydrogen-bond acceptors (Lipinski definition) is 5. The molecule has 0 saturated heterocycles. The van der Waals surface area contributed by atoms with Crippen LogP contribution in [0.15, 0.2) is 36.7 Å². The molecule has 0 bridgehead atoms. The van der Waals surface area contributed by atoms with Crippen molar-refractivity contribution in [3.63, 3.8) is 0 Å². The van der Waals surface area contributed by atoms with Crippen molar-refractivity contribution in [1.29, 1.82) is 0 Å². The summed E-state index contributed by atoms with van der Waals surface area (Å²) in [6.45, 7) is 1.44. The van der Waals surface area contributed by atoms with E-state index < -0.39 is 0 Å². The molecular formula is C16H20N2O3. The van der Waals surface area contributed by atoms with Gasteiger partial charge in [0, 0.05) is 31.0 Å². The van der Waals surface area contributed by atoms with Crippen molar-refractivity contribution in [3.8, 4) is 17.2 Å². The average Bonchev–Trinajstić information content (AvgIpc) is 2.55. The van der Waals surface area contributed by atoms with Gasteiger partial charge in [-0.1, -0.05) is 6.07 Å². The summed E-state index contributed by atoms with van der Waals surface area (Å²) in [5.41, 5.74) is 2.20. The first-order valence-electron chi connectivity index (χ1n) is 6.67. The molecule has 0 fully saturated rings. The summed E-state index contributed by atoms with van der Waals surface area (Å²) < 4.78 is 16.1. The standard InChI is InChI=1S/C16H20N2O3/c1-19-14-5-4-13(15(20-2)16(14)21-3)11-18-10-12-6-8-17-9-7-12/h4-9,18H,10-11H2,1-3H3. The summed E-state index contributed by atoms with van der Waals surface area (Å²) >= 11 is 0. The molecule has 1 heterocycles. The summed E-state index contributed by atoms with van der Waals surface area (Å²) in [4.78, 5) is 4.00. The van der Waals surface area contributed by atoms with Gasteiger partial charge in [-0.3, -0.25) is 4.98 Å². The van der Waals surface area contributed by atoms with Gasteiger partial charge in [0.1, 0.15) is 0 Å². The molecule has 112 valence electrons. The van der Waals surface area contributed by atoms with Gasteiger partial charge in [0.25, 0.3) is 0 Å². The summed E-state index contributed by atoms with van der Waals surface area (Å²) in [7, 11) is 4.84. The molecule has 2 aromatic rings. The van der Waals surface area contributed by atoms with Gasteiger partial charge in [-0.05, 0) is 23.8 Å². The second-order valence-electron chi connectivity index (χ2n) is 4.45. The molecular weight excluding hydrogens is 268 g/mol. The highest BCUT2D eigenvalue weighted by Crippen LogP contribution is 2.39. The van der Waals surface area contributed by atoms with Gasteiger partial charge in [0.05, 0.1) is 21.3 Å². The van der Waals surface area contributed by atoms with Crippen molar-refractivity contribution in [2.45, 2.75) is 13.1 Å². The zero-order valence-electron chi connectivity index (χ0n) is 12.6. The second-order valence-corrected chi connectivity index (χ2v) is 4.45. The lowest BCUT2D eigenvalue weighted by atomic mass is 10.1. The monoisotopic (exact) mass is 288 g/mol. The van der Waals surface area contributed by atoms with Crippen LogP contribution in [0.4, 0.5) is 0 Å². The molecule has 1 N–H and O–H groups in total. The molecule has 0 aliphatic heterocycles. The van der Waals surface area contributed by atoms with Crippen LogP contribution < -0.4 is 19.5 Å². The van der Waals surface area contributed by atoms with Gasteiger partial charge in [0.2, 0.25) is 5.75 Å². The molecule has 5 nitrogen and oxygen atoms in total. The first-order chi connectivity index (χ1) is 10.3. The lowest BCUT2D eigenvalue weighted by Crippen LogP contribution is -2.13. The Kier molecular flexibility index (Phi) is 5.40. The number of pyridine rings is 1. The quantitative estimate of drug-likeness (QED) is 0.848. The van der Waals surface area contributed by atoms with Crippen LogP contribution in [0.1, 0.15) is 11.1 Å². The van der Waals surface area contributed by atoms with Gasteiger partial charge >= 0.3 is 0 Å². The number of methoxy groups -OCH3 is 3. The van der Waals surface area contributed by atoms with Crippen LogP contribution in [0.3, 0.4) is 0 Å². The van der Waals surface area contributed by atoms with E-state index in [0.29, 0.717) is 23.8 Å². The summed E-state index contributed by atoms with van der Waals surface area (Å²) in [6, 6.07) is 7.82. The molecule has 0 spiro atoms. The number of aromatic nitrogens is 1. The third-order valence-corrected chi connectivity index (χ3v) is 3.18. The minimum Gasteiger partial charge on any atom is -0.493 e. The predicted molar refractivity (Wildman–Crippen MR) is 80.9 cm³/mol. The van der Waals surface area contributed by atoms with Crippen LogP contribution in [0.25, 0.3) is 0 Å². The fourth-order valence-electron chi connectivity index (χ4n) is 2.14. The number of nitrogens with one attached hydrogen (secondary N) is 1. The largest absolute Gasteiger partial charge is 0.493 e. The molecule has 0 radical (unpaired) electrons. The smallest absolute Gasteiger partial charge is 0.203 e. The molecule has 0 aliphatic rings. The topological polar surface area (TPSA) is 52.6 Å². The van der Waals surface area contributed by atoms with E-state index in [1.54, 1.807) is 33.7 Å². The van der Waals surface area contributed by atoms with Crippen molar-refractivity contribution in [2.24, 2.45) is 0 Å². The van der Waals surface area contributed by atoms with E-state index in [-0.39, 0.29) is 0 Å². The highest BCUT2D eigenvalue weighted by molar-refractivity contribution is 5.55. The molecule has 0 atom stereocenters. The van der Waals surface area contributed by atoms with Gasteiger partial charge in [0.15, 0.2) is 11.5 Å². The highest BCUT2D eigenvalue weighted by atomic mass is 16.5. The molecule has 2 rings (SSSR count). The molecule has 0 saturated carbocycles. The van der Waals surface area contributed by atoms with Crippen molar-refractivity contribution >= 4 is 0 Å². The van der Waals surface area contributed by atoms with Crippen LogP contribution in [0, 0.1) is 0 Å². The Morgan fingerprint density at radius 3 is 2.19 bits per heavy atom. The Hall–Kier alpha value is -2.27. The zero-order valence-corrected chi connectivity index (χ0v) is 12.6. The first-order valence-corrected chi connectivity index (χ1v) is 6.67. The van der Waals surface area contributed by atoms with E-state index in [1.165, 1.54) is 5.56 Å². The summed E-state index contributed by atoms with van der Waals surface area (Å²) in [6.07, 6.45) is 3.57. The maximum atomic E-state index is 5.46. The minimum atomic E-state index is 0.614. The molecule has 5 heteroatoms. The van der Waals surface area contributed by atoms with Gasteiger partial charge < -0.3 is 19.5 Å². The number of rotatable bonds is 7. The van der Waals surface area contributed by atoms with Crippen molar-refractivity contribution < 1.29 is 14.2 Å². The molecule has 0 amide bonds. The molecule has 21 heavy (non-hydrogen) atoms. The Morgan fingerprint density at radius 2 is 1.57 bits per heavy atom.